The Labute approximate surface area is 117 Å². The predicted molar refractivity (Wildman–Crippen MR) is 83.0 cm³/mol. The van der Waals surface area contributed by atoms with Gasteiger partial charge in [0.2, 0.25) is 0 Å². The van der Waals surface area contributed by atoms with Gasteiger partial charge in [0.25, 0.3) is 0 Å². The van der Waals surface area contributed by atoms with Gasteiger partial charge in [0.05, 0.1) is 6.61 Å². The molecule has 1 atom stereocenters. The highest BCUT2D eigenvalue weighted by Gasteiger charge is 2.19. The monoisotopic (exact) mass is 266 g/mol. The maximum atomic E-state index is 5.73. The number of benzene rings is 1. The topological polar surface area (TPSA) is 9.23 Å². The number of ether oxygens (including phenoxy) is 1. The van der Waals surface area contributed by atoms with Crippen LogP contribution in [0.4, 0.5) is 0 Å². The summed E-state index contributed by atoms with van der Waals surface area (Å²) < 4.78 is 5.73. The molecule has 18 heavy (non-hydrogen) atoms. The Morgan fingerprint density at radius 2 is 1.94 bits per heavy atom. The van der Waals surface area contributed by atoms with Gasteiger partial charge in [0.15, 0.2) is 0 Å². The van der Waals surface area contributed by atoms with E-state index in [0.717, 1.165) is 24.5 Å². The molecule has 0 aliphatic carbocycles. The summed E-state index contributed by atoms with van der Waals surface area (Å²) in [6.45, 7) is 11.7. The maximum absolute atomic E-state index is 5.73. The molecule has 0 radical (unpaired) electrons. The van der Waals surface area contributed by atoms with Crippen molar-refractivity contribution in [3.8, 4) is 5.75 Å². The minimum atomic E-state index is 0.116. The van der Waals surface area contributed by atoms with Crippen LogP contribution in [0.2, 0.25) is 0 Å². The molecule has 1 unspecified atom stereocenters. The van der Waals surface area contributed by atoms with Crippen LogP contribution in [0, 0.1) is 5.92 Å². The van der Waals surface area contributed by atoms with Crippen LogP contribution in [0.25, 0.3) is 0 Å². The Balaban J connectivity index is 3.05. The van der Waals surface area contributed by atoms with Crippen molar-refractivity contribution < 1.29 is 4.74 Å². The summed E-state index contributed by atoms with van der Waals surface area (Å²) in [5.41, 5.74) is 2.79. The Morgan fingerprint density at radius 1 is 1.28 bits per heavy atom. The van der Waals surface area contributed by atoms with Crippen LogP contribution in [0.3, 0.4) is 0 Å². The summed E-state index contributed by atoms with van der Waals surface area (Å²) in [4.78, 5) is 0. The van der Waals surface area contributed by atoms with E-state index >= 15 is 0 Å². The van der Waals surface area contributed by atoms with Gasteiger partial charge in [-0.15, -0.1) is 0 Å². The summed E-state index contributed by atoms with van der Waals surface area (Å²) >= 11 is 4.36. The van der Waals surface area contributed by atoms with Crippen LogP contribution >= 0.6 is 12.6 Å². The Morgan fingerprint density at radius 3 is 2.44 bits per heavy atom. The molecule has 0 saturated carbocycles. The van der Waals surface area contributed by atoms with Crippen molar-refractivity contribution in [1.29, 1.82) is 0 Å². The van der Waals surface area contributed by atoms with E-state index in [1.807, 2.05) is 6.92 Å². The lowest BCUT2D eigenvalue weighted by atomic mass is 9.84. The van der Waals surface area contributed by atoms with Gasteiger partial charge in [-0.05, 0) is 47.6 Å². The second kappa shape index (κ2) is 6.51. The molecule has 0 spiro atoms. The van der Waals surface area contributed by atoms with Crippen molar-refractivity contribution in [3.05, 3.63) is 29.3 Å². The summed E-state index contributed by atoms with van der Waals surface area (Å²) in [5.74, 6) is 2.56. The molecule has 1 nitrogen and oxygen atoms in total. The first-order valence-electron chi connectivity index (χ1n) is 6.75. The predicted octanol–water partition coefficient (Wildman–Crippen LogP) is 4.49. The quantitative estimate of drug-likeness (QED) is 0.773. The second-order valence-corrected chi connectivity index (χ2v) is 6.37. The maximum Gasteiger partial charge on any atom is 0.123 e. The normalized spacial score (nSPS) is 13.4. The molecule has 0 bridgehead atoms. The van der Waals surface area contributed by atoms with Gasteiger partial charge in [0, 0.05) is 0 Å². The van der Waals surface area contributed by atoms with Gasteiger partial charge in [-0.1, -0.05) is 39.8 Å². The van der Waals surface area contributed by atoms with E-state index in [1.165, 1.54) is 11.1 Å². The zero-order valence-electron chi connectivity index (χ0n) is 12.3. The summed E-state index contributed by atoms with van der Waals surface area (Å²) in [6.07, 6.45) is 1.08. The lowest BCUT2D eigenvalue weighted by Crippen LogP contribution is -2.14. The smallest absolute Gasteiger partial charge is 0.123 e. The summed E-state index contributed by atoms with van der Waals surface area (Å²) in [7, 11) is 0. The summed E-state index contributed by atoms with van der Waals surface area (Å²) in [5, 5.41) is 0. The lowest BCUT2D eigenvalue weighted by Gasteiger charge is -2.24. The summed E-state index contributed by atoms with van der Waals surface area (Å²) in [6, 6.07) is 6.59. The Hall–Kier alpha value is -0.630. The molecule has 0 aliphatic rings. The van der Waals surface area contributed by atoms with Crippen molar-refractivity contribution >= 4 is 12.6 Å². The lowest BCUT2D eigenvalue weighted by molar-refractivity contribution is 0.329. The van der Waals surface area contributed by atoms with E-state index in [9.17, 15) is 0 Å². The van der Waals surface area contributed by atoms with Crippen LogP contribution in [-0.2, 0) is 11.8 Å². The van der Waals surface area contributed by atoms with Crippen molar-refractivity contribution in [3.63, 3.8) is 0 Å². The minimum absolute atomic E-state index is 0.116. The SMILES string of the molecule is CCOc1ccc(CC(C)CS)cc1C(C)(C)C. The molecule has 0 N–H and O–H groups in total. The van der Waals surface area contributed by atoms with Gasteiger partial charge >= 0.3 is 0 Å². The van der Waals surface area contributed by atoms with E-state index < -0.39 is 0 Å². The zero-order valence-corrected chi connectivity index (χ0v) is 13.2. The van der Waals surface area contributed by atoms with E-state index in [-0.39, 0.29) is 5.41 Å². The first kappa shape index (κ1) is 15.4. The van der Waals surface area contributed by atoms with Crippen molar-refractivity contribution in [1.82, 2.24) is 0 Å². The molecule has 0 aliphatic heterocycles. The molecule has 1 aromatic carbocycles. The third-order valence-electron chi connectivity index (χ3n) is 3.05. The second-order valence-electron chi connectivity index (χ2n) is 6.01. The van der Waals surface area contributed by atoms with Crippen molar-refractivity contribution in [2.24, 2.45) is 5.92 Å². The first-order chi connectivity index (χ1) is 8.38. The molecule has 0 saturated heterocycles. The van der Waals surface area contributed by atoms with Crippen LogP contribution in [0.5, 0.6) is 5.75 Å². The number of hydrogen-bond acceptors (Lipinski definition) is 2. The number of hydrogen-bond donors (Lipinski definition) is 1. The Bertz CT molecular complexity index is 379. The average Bonchev–Trinajstić information content (AvgIpc) is 2.30. The van der Waals surface area contributed by atoms with Crippen LogP contribution in [0.1, 0.15) is 45.7 Å². The highest BCUT2D eigenvalue weighted by Crippen LogP contribution is 2.32. The van der Waals surface area contributed by atoms with Crippen LogP contribution < -0.4 is 4.74 Å². The van der Waals surface area contributed by atoms with E-state index in [2.05, 4.69) is 58.5 Å². The molecular formula is C16H26OS. The van der Waals surface area contributed by atoms with E-state index in [0.29, 0.717) is 5.92 Å². The molecule has 0 aromatic heterocycles. The fraction of sp³-hybridized carbons (Fsp3) is 0.625. The highest BCUT2D eigenvalue weighted by molar-refractivity contribution is 7.80. The zero-order chi connectivity index (χ0) is 13.8. The largest absolute Gasteiger partial charge is 0.494 e. The fourth-order valence-electron chi connectivity index (χ4n) is 2.04. The molecule has 2 heteroatoms. The third-order valence-corrected chi connectivity index (χ3v) is 3.67. The first-order valence-corrected chi connectivity index (χ1v) is 7.38. The molecule has 0 fully saturated rings. The molecule has 0 amide bonds. The van der Waals surface area contributed by atoms with Gasteiger partial charge in [-0.25, -0.2) is 0 Å². The molecule has 102 valence electrons. The average molecular weight is 266 g/mol. The van der Waals surface area contributed by atoms with Gasteiger partial charge < -0.3 is 4.74 Å². The van der Waals surface area contributed by atoms with Crippen molar-refractivity contribution in [2.75, 3.05) is 12.4 Å². The molecule has 0 heterocycles. The van der Waals surface area contributed by atoms with E-state index in [1.54, 1.807) is 0 Å². The number of rotatable bonds is 5. The molecular weight excluding hydrogens is 240 g/mol. The van der Waals surface area contributed by atoms with Gasteiger partial charge in [0.1, 0.15) is 5.75 Å². The van der Waals surface area contributed by atoms with Crippen LogP contribution in [-0.4, -0.2) is 12.4 Å². The molecule has 1 rings (SSSR count). The van der Waals surface area contributed by atoms with Gasteiger partial charge in [-0.3, -0.25) is 0 Å². The minimum Gasteiger partial charge on any atom is -0.494 e. The Kier molecular flexibility index (Phi) is 5.58. The number of thiol groups is 1. The van der Waals surface area contributed by atoms with Gasteiger partial charge in [-0.2, -0.15) is 12.6 Å². The van der Waals surface area contributed by atoms with Crippen LogP contribution in [0.15, 0.2) is 18.2 Å². The fourth-order valence-corrected chi connectivity index (χ4v) is 2.17. The third kappa shape index (κ3) is 4.24. The van der Waals surface area contributed by atoms with E-state index in [4.69, 9.17) is 4.74 Å². The molecule has 1 aromatic rings. The highest BCUT2D eigenvalue weighted by atomic mass is 32.1. The standard InChI is InChI=1S/C16H26OS/c1-6-17-15-8-7-13(9-12(2)11-18)10-14(15)16(3,4)5/h7-8,10,12,18H,6,9,11H2,1-5H3. The van der Waals surface area contributed by atoms with Crippen molar-refractivity contribution in [2.45, 2.75) is 46.5 Å².